The molecule has 0 radical (unpaired) electrons. The highest BCUT2D eigenvalue weighted by molar-refractivity contribution is 7.13. The van der Waals surface area contributed by atoms with E-state index in [2.05, 4.69) is 22.4 Å². The number of rotatable bonds is 4. The largest absolute Gasteiger partial charge is 0.336 e. The standard InChI is InChI=1S/C21H20ClN3OS/c22-18-8-4-7-17(13-18)21(26)25-11-9-24(10-12-25)14-19-15-27-20(23-19)16-5-2-1-3-6-16/h1-8,13,15H,9-12,14H2. The number of amides is 1. The van der Waals surface area contributed by atoms with Gasteiger partial charge in [0.2, 0.25) is 0 Å². The molecule has 4 rings (SSSR count). The Morgan fingerprint density at radius 3 is 2.56 bits per heavy atom. The molecule has 1 fully saturated rings. The predicted molar refractivity (Wildman–Crippen MR) is 110 cm³/mol. The topological polar surface area (TPSA) is 36.4 Å². The number of benzene rings is 2. The molecule has 1 aliphatic heterocycles. The molecule has 0 unspecified atom stereocenters. The third-order valence-corrected chi connectivity index (χ3v) is 5.86. The number of thiazole rings is 1. The van der Waals surface area contributed by atoms with Crippen molar-refractivity contribution in [1.29, 1.82) is 0 Å². The zero-order valence-electron chi connectivity index (χ0n) is 14.8. The van der Waals surface area contributed by atoms with Crippen molar-refractivity contribution in [2.75, 3.05) is 26.2 Å². The second-order valence-electron chi connectivity index (χ2n) is 6.59. The van der Waals surface area contributed by atoms with Gasteiger partial charge in [0.15, 0.2) is 0 Å². The van der Waals surface area contributed by atoms with E-state index in [0.717, 1.165) is 49.0 Å². The summed E-state index contributed by atoms with van der Waals surface area (Å²) in [5, 5.41) is 3.78. The Balaban J connectivity index is 1.33. The van der Waals surface area contributed by atoms with Gasteiger partial charge in [0, 0.05) is 54.3 Å². The van der Waals surface area contributed by atoms with Gasteiger partial charge in [-0.3, -0.25) is 9.69 Å². The van der Waals surface area contributed by atoms with Crippen molar-refractivity contribution in [2.45, 2.75) is 6.54 Å². The fourth-order valence-corrected chi connectivity index (χ4v) is 4.24. The number of nitrogens with zero attached hydrogens (tertiary/aromatic N) is 3. The van der Waals surface area contributed by atoms with Crippen LogP contribution in [0.5, 0.6) is 0 Å². The minimum atomic E-state index is 0.0529. The first-order valence-corrected chi connectivity index (χ1v) is 10.2. The van der Waals surface area contributed by atoms with Crippen molar-refractivity contribution in [3.05, 3.63) is 76.3 Å². The van der Waals surface area contributed by atoms with Gasteiger partial charge in [0.25, 0.3) is 5.91 Å². The van der Waals surface area contributed by atoms with Gasteiger partial charge in [-0.2, -0.15) is 0 Å². The number of hydrogen-bond acceptors (Lipinski definition) is 4. The van der Waals surface area contributed by atoms with Crippen molar-refractivity contribution in [2.24, 2.45) is 0 Å². The lowest BCUT2D eigenvalue weighted by Gasteiger charge is -2.34. The van der Waals surface area contributed by atoms with Gasteiger partial charge in [0.1, 0.15) is 5.01 Å². The average Bonchev–Trinajstić information content (AvgIpc) is 3.17. The summed E-state index contributed by atoms with van der Waals surface area (Å²) in [6, 6.07) is 17.4. The third kappa shape index (κ3) is 4.38. The zero-order valence-corrected chi connectivity index (χ0v) is 16.4. The highest BCUT2D eigenvalue weighted by atomic mass is 35.5. The first-order chi connectivity index (χ1) is 13.2. The Hall–Kier alpha value is -2.21. The summed E-state index contributed by atoms with van der Waals surface area (Å²) in [5.74, 6) is 0.0529. The first kappa shape index (κ1) is 18.2. The molecular formula is C21H20ClN3OS. The summed E-state index contributed by atoms with van der Waals surface area (Å²) < 4.78 is 0. The molecule has 6 heteroatoms. The molecule has 1 saturated heterocycles. The number of carbonyl (C=O) groups is 1. The fourth-order valence-electron chi connectivity index (χ4n) is 3.24. The molecule has 1 aliphatic rings. The Kier molecular flexibility index (Phi) is 5.53. The summed E-state index contributed by atoms with van der Waals surface area (Å²) in [6.07, 6.45) is 0. The SMILES string of the molecule is O=C(c1cccc(Cl)c1)N1CCN(Cc2csc(-c3ccccc3)n2)CC1. The summed E-state index contributed by atoms with van der Waals surface area (Å²) in [4.78, 5) is 21.6. The van der Waals surface area contributed by atoms with Gasteiger partial charge in [-0.05, 0) is 18.2 Å². The van der Waals surface area contributed by atoms with Crippen molar-refractivity contribution < 1.29 is 4.79 Å². The Bertz CT molecular complexity index is 920. The fraction of sp³-hybridized carbons (Fsp3) is 0.238. The van der Waals surface area contributed by atoms with E-state index in [-0.39, 0.29) is 5.91 Å². The monoisotopic (exact) mass is 397 g/mol. The maximum atomic E-state index is 12.6. The minimum Gasteiger partial charge on any atom is -0.336 e. The molecule has 0 atom stereocenters. The van der Waals surface area contributed by atoms with Gasteiger partial charge in [0.05, 0.1) is 5.69 Å². The number of piperazine rings is 1. The van der Waals surface area contributed by atoms with E-state index in [1.165, 1.54) is 0 Å². The van der Waals surface area contributed by atoms with Gasteiger partial charge < -0.3 is 4.90 Å². The molecule has 0 saturated carbocycles. The summed E-state index contributed by atoms with van der Waals surface area (Å²) >= 11 is 7.68. The van der Waals surface area contributed by atoms with Crippen LogP contribution in [0.3, 0.4) is 0 Å². The van der Waals surface area contributed by atoms with Crippen LogP contribution >= 0.6 is 22.9 Å². The lowest BCUT2D eigenvalue weighted by atomic mass is 10.2. The lowest BCUT2D eigenvalue weighted by molar-refractivity contribution is 0.0627. The Labute approximate surface area is 168 Å². The van der Waals surface area contributed by atoms with Crippen LogP contribution in [0, 0.1) is 0 Å². The quantitative estimate of drug-likeness (QED) is 0.653. The van der Waals surface area contributed by atoms with Crippen LogP contribution in [0.2, 0.25) is 5.02 Å². The molecule has 4 nitrogen and oxygen atoms in total. The van der Waals surface area contributed by atoms with Gasteiger partial charge in [-0.1, -0.05) is 48.0 Å². The molecule has 0 aliphatic carbocycles. The van der Waals surface area contributed by atoms with Gasteiger partial charge in [-0.15, -0.1) is 11.3 Å². The highest BCUT2D eigenvalue weighted by Crippen LogP contribution is 2.24. The van der Waals surface area contributed by atoms with E-state index in [1.807, 2.05) is 35.2 Å². The molecular weight excluding hydrogens is 378 g/mol. The van der Waals surface area contributed by atoms with Crippen LogP contribution in [0.1, 0.15) is 16.1 Å². The number of aromatic nitrogens is 1. The minimum absolute atomic E-state index is 0.0529. The van der Waals surface area contributed by atoms with E-state index in [1.54, 1.807) is 23.5 Å². The summed E-state index contributed by atoms with van der Waals surface area (Å²) in [7, 11) is 0. The lowest BCUT2D eigenvalue weighted by Crippen LogP contribution is -2.48. The smallest absolute Gasteiger partial charge is 0.253 e. The second kappa shape index (κ2) is 8.21. The van der Waals surface area contributed by atoms with Crippen LogP contribution in [-0.2, 0) is 6.54 Å². The second-order valence-corrected chi connectivity index (χ2v) is 7.88. The highest BCUT2D eigenvalue weighted by Gasteiger charge is 2.22. The van der Waals surface area contributed by atoms with E-state index in [9.17, 15) is 4.79 Å². The molecule has 0 N–H and O–H groups in total. The van der Waals surface area contributed by atoms with E-state index >= 15 is 0 Å². The van der Waals surface area contributed by atoms with Crippen LogP contribution in [-0.4, -0.2) is 46.9 Å². The molecule has 1 amide bonds. The molecule has 1 aromatic heterocycles. The molecule has 0 spiro atoms. The Morgan fingerprint density at radius 2 is 1.81 bits per heavy atom. The van der Waals surface area contributed by atoms with E-state index in [0.29, 0.717) is 10.6 Å². The van der Waals surface area contributed by atoms with E-state index < -0.39 is 0 Å². The summed E-state index contributed by atoms with van der Waals surface area (Å²) in [6.45, 7) is 3.97. The molecule has 27 heavy (non-hydrogen) atoms. The van der Waals surface area contributed by atoms with Gasteiger partial charge in [-0.25, -0.2) is 4.98 Å². The first-order valence-electron chi connectivity index (χ1n) is 8.96. The maximum absolute atomic E-state index is 12.6. The predicted octanol–water partition coefficient (Wildman–Crippen LogP) is 4.42. The number of hydrogen-bond donors (Lipinski definition) is 0. The van der Waals surface area contributed by atoms with Crippen LogP contribution in [0.25, 0.3) is 10.6 Å². The van der Waals surface area contributed by atoms with Crippen molar-refractivity contribution >= 4 is 28.8 Å². The average molecular weight is 398 g/mol. The van der Waals surface area contributed by atoms with Crippen molar-refractivity contribution in [1.82, 2.24) is 14.8 Å². The van der Waals surface area contributed by atoms with Crippen molar-refractivity contribution in [3.63, 3.8) is 0 Å². The van der Waals surface area contributed by atoms with Crippen LogP contribution < -0.4 is 0 Å². The van der Waals surface area contributed by atoms with Crippen LogP contribution in [0.15, 0.2) is 60.0 Å². The normalized spacial score (nSPS) is 15.1. The summed E-state index contributed by atoms with van der Waals surface area (Å²) in [5.41, 5.74) is 2.90. The molecule has 2 heterocycles. The number of carbonyl (C=O) groups excluding carboxylic acids is 1. The molecule has 138 valence electrons. The molecule has 0 bridgehead atoms. The van der Waals surface area contributed by atoms with Crippen molar-refractivity contribution in [3.8, 4) is 10.6 Å². The number of halogens is 1. The zero-order chi connectivity index (χ0) is 18.6. The Morgan fingerprint density at radius 1 is 1.04 bits per heavy atom. The van der Waals surface area contributed by atoms with Gasteiger partial charge >= 0.3 is 0 Å². The molecule has 3 aromatic rings. The molecule has 2 aromatic carbocycles. The third-order valence-electron chi connectivity index (χ3n) is 4.69. The maximum Gasteiger partial charge on any atom is 0.253 e. The van der Waals surface area contributed by atoms with Crippen LogP contribution in [0.4, 0.5) is 0 Å². The van der Waals surface area contributed by atoms with E-state index in [4.69, 9.17) is 16.6 Å².